The fraction of sp³-hybridized carbons (Fsp3) is 0.400. The van der Waals surface area contributed by atoms with Crippen molar-refractivity contribution >= 4 is 29.2 Å². The van der Waals surface area contributed by atoms with Crippen LogP contribution >= 0.6 is 12.4 Å². The maximum Gasteiger partial charge on any atom is 0.256 e. The van der Waals surface area contributed by atoms with Crippen molar-refractivity contribution in [1.82, 2.24) is 9.47 Å². The minimum absolute atomic E-state index is 0. The summed E-state index contributed by atoms with van der Waals surface area (Å²) >= 11 is 0. The highest BCUT2D eigenvalue weighted by Crippen LogP contribution is 2.33. The van der Waals surface area contributed by atoms with Gasteiger partial charge in [0.2, 0.25) is 0 Å². The van der Waals surface area contributed by atoms with E-state index in [9.17, 15) is 13.6 Å². The molecular weight excluding hydrogens is 448 g/mol. The molecule has 8 heteroatoms. The largest absolute Gasteiger partial charge is 0.383 e. The molecule has 0 unspecified atom stereocenters. The summed E-state index contributed by atoms with van der Waals surface area (Å²) in [5, 5.41) is 0.648. The first-order valence-corrected chi connectivity index (χ1v) is 11.0. The van der Waals surface area contributed by atoms with Crippen LogP contribution in [0.4, 0.5) is 8.78 Å². The number of benzene rings is 2. The molecule has 0 spiro atoms. The number of fused-ring (bicyclic) bond motifs is 1. The Balaban J connectivity index is 0.00000306. The van der Waals surface area contributed by atoms with Crippen molar-refractivity contribution in [1.29, 1.82) is 0 Å². The molecule has 0 saturated carbocycles. The monoisotopic (exact) mass is 477 g/mol. The van der Waals surface area contributed by atoms with Gasteiger partial charge in [-0.2, -0.15) is 0 Å². The average molecular weight is 478 g/mol. The van der Waals surface area contributed by atoms with Gasteiger partial charge in [0.05, 0.1) is 17.7 Å². The van der Waals surface area contributed by atoms with Crippen molar-refractivity contribution < 1.29 is 18.3 Å². The Hall–Kier alpha value is -2.48. The molecule has 0 radical (unpaired) electrons. The molecule has 178 valence electrons. The third-order valence-corrected chi connectivity index (χ3v) is 6.46. The number of likely N-dealkylation sites (tertiary alicyclic amines) is 1. The number of aryl methyl sites for hydroxylation is 1. The highest BCUT2D eigenvalue weighted by molar-refractivity contribution is 6.08. The number of ether oxygens (including phenoxy) is 1. The predicted molar refractivity (Wildman–Crippen MR) is 128 cm³/mol. The summed E-state index contributed by atoms with van der Waals surface area (Å²) in [7, 11) is 1.59. The number of nitrogens with zero attached hydrogens (tertiary/aromatic N) is 2. The number of aromatic nitrogens is 1. The van der Waals surface area contributed by atoms with E-state index in [4.69, 9.17) is 10.5 Å². The average Bonchev–Trinajstić information content (AvgIpc) is 3.21. The van der Waals surface area contributed by atoms with Gasteiger partial charge in [-0.1, -0.05) is 18.2 Å². The molecule has 0 bridgehead atoms. The number of amides is 1. The van der Waals surface area contributed by atoms with Crippen LogP contribution in [-0.4, -0.2) is 42.2 Å². The number of hydrogen-bond acceptors (Lipinski definition) is 3. The highest BCUT2D eigenvalue weighted by atomic mass is 35.5. The van der Waals surface area contributed by atoms with Crippen molar-refractivity contribution in [3.63, 3.8) is 0 Å². The van der Waals surface area contributed by atoms with Crippen LogP contribution in [0.3, 0.4) is 0 Å². The Morgan fingerprint density at radius 3 is 2.52 bits per heavy atom. The Morgan fingerprint density at radius 1 is 1.15 bits per heavy atom. The van der Waals surface area contributed by atoms with Crippen LogP contribution < -0.4 is 5.73 Å². The zero-order valence-corrected chi connectivity index (χ0v) is 19.8. The molecule has 2 aromatic carbocycles. The number of carbonyl (C=O) groups excluding carboxylic acids is 1. The van der Waals surface area contributed by atoms with Gasteiger partial charge in [0.25, 0.3) is 5.91 Å². The van der Waals surface area contributed by atoms with Crippen LogP contribution in [0.15, 0.2) is 36.5 Å². The van der Waals surface area contributed by atoms with Gasteiger partial charge >= 0.3 is 0 Å². The molecule has 0 aliphatic carbocycles. The molecule has 1 amide bonds. The zero-order chi connectivity index (χ0) is 22.8. The first kappa shape index (κ1) is 25.1. The van der Waals surface area contributed by atoms with Crippen molar-refractivity contribution in [3.8, 4) is 0 Å². The Bertz CT molecular complexity index is 1140. The SMILES string of the molecule is COCCn1cc(C(=O)N2CCC(c3cc(CN)ccc3F)CC2)c2c(C)ccc(F)c21.Cl. The first-order valence-electron chi connectivity index (χ1n) is 11.0. The van der Waals surface area contributed by atoms with E-state index in [2.05, 4.69) is 0 Å². The summed E-state index contributed by atoms with van der Waals surface area (Å²) in [5.41, 5.74) is 9.08. The maximum atomic E-state index is 14.7. The van der Waals surface area contributed by atoms with Crippen LogP contribution in [0.2, 0.25) is 0 Å². The molecule has 4 rings (SSSR count). The predicted octanol–water partition coefficient (Wildman–Crippen LogP) is 4.77. The summed E-state index contributed by atoms with van der Waals surface area (Å²) in [6.45, 7) is 4.18. The van der Waals surface area contributed by atoms with E-state index in [-0.39, 0.29) is 35.9 Å². The number of piperidine rings is 1. The summed E-state index contributed by atoms with van der Waals surface area (Å²) in [6, 6.07) is 8.16. The van der Waals surface area contributed by atoms with Crippen LogP contribution in [0, 0.1) is 18.6 Å². The summed E-state index contributed by atoms with van der Waals surface area (Å²) in [6.07, 6.45) is 3.08. The number of methoxy groups -OCH3 is 1. The van der Waals surface area contributed by atoms with Gasteiger partial charge in [0.1, 0.15) is 11.6 Å². The van der Waals surface area contributed by atoms with Crippen molar-refractivity contribution in [2.45, 2.75) is 38.8 Å². The second-order valence-corrected chi connectivity index (χ2v) is 8.44. The molecule has 1 aromatic heterocycles. The van der Waals surface area contributed by atoms with Gasteiger partial charge in [0, 0.05) is 44.9 Å². The molecule has 2 N–H and O–H groups in total. The molecule has 1 aliphatic rings. The van der Waals surface area contributed by atoms with E-state index < -0.39 is 0 Å². The normalized spacial score (nSPS) is 14.5. The van der Waals surface area contributed by atoms with Crippen molar-refractivity contribution in [3.05, 3.63) is 70.4 Å². The third kappa shape index (κ3) is 4.90. The minimum Gasteiger partial charge on any atom is -0.383 e. The number of halogens is 3. The number of rotatable bonds is 6. The van der Waals surface area contributed by atoms with E-state index in [1.165, 1.54) is 12.1 Å². The van der Waals surface area contributed by atoms with Crippen LogP contribution in [-0.2, 0) is 17.8 Å². The molecule has 0 atom stereocenters. The topological polar surface area (TPSA) is 60.5 Å². The summed E-state index contributed by atoms with van der Waals surface area (Å²) < 4.78 is 36.0. The van der Waals surface area contributed by atoms with Gasteiger partial charge in [-0.15, -0.1) is 12.4 Å². The lowest BCUT2D eigenvalue weighted by Gasteiger charge is -2.32. The molecule has 33 heavy (non-hydrogen) atoms. The van der Waals surface area contributed by atoms with Gasteiger partial charge < -0.3 is 19.9 Å². The molecule has 3 aromatic rings. The Labute approximate surface area is 198 Å². The Morgan fingerprint density at radius 2 is 1.85 bits per heavy atom. The molecular formula is C25H30ClF2N3O2. The van der Waals surface area contributed by atoms with E-state index in [0.717, 1.165) is 11.1 Å². The van der Waals surface area contributed by atoms with Gasteiger partial charge in [-0.3, -0.25) is 4.79 Å². The van der Waals surface area contributed by atoms with E-state index in [1.807, 2.05) is 13.0 Å². The van der Waals surface area contributed by atoms with E-state index in [0.29, 0.717) is 67.7 Å². The van der Waals surface area contributed by atoms with E-state index >= 15 is 0 Å². The number of hydrogen-bond donors (Lipinski definition) is 1. The zero-order valence-electron chi connectivity index (χ0n) is 18.9. The molecule has 5 nitrogen and oxygen atoms in total. The lowest BCUT2D eigenvalue weighted by Crippen LogP contribution is -2.38. The standard InChI is InChI=1S/C25H29F2N3O2.ClH/c1-16-3-5-22(27)24-23(16)20(15-30(24)11-12-32-2)25(31)29-9-7-18(8-10-29)19-13-17(14-28)4-6-21(19)26;/h3-6,13,15,18H,7-12,14,28H2,1-2H3;1H. The summed E-state index contributed by atoms with van der Waals surface area (Å²) in [4.78, 5) is 15.2. The second-order valence-electron chi connectivity index (χ2n) is 8.44. The molecule has 1 saturated heterocycles. The number of nitrogens with two attached hydrogens (primary N) is 1. The fourth-order valence-corrected chi connectivity index (χ4v) is 4.70. The highest BCUT2D eigenvalue weighted by Gasteiger charge is 2.29. The third-order valence-electron chi connectivity index (χ3n) is 6.46. The number of carbonyl (C=O) groups is 1. The van der Waals surface area contributed by atoms with Gasteiger partial charge in [-0.25, -0.2) is 8.78 Å². The lowest BCUT2D eigenvalue weighted by molar-refractivity contribution is 0.0714. The quantitative estimate of drug-likeness (QED) is 0.556. The van der Waals surface area contributed by atoms with Crippen molar-refractivity contribution in [2.75, 3.05) is 26.8 Å². The first-order chi connectivity index (χ1) is 15.4. The van der Waals surface area contributed by atoms with Gasteiger partial charge in [-0.05, 0) is 54.5 Å². The van der Waals surface area contributed by atoms with Crippen LogP contribution in [0.1, 0.15) is 45.8 Å². The molecule has 2 heterocycles. The maximum absolute atomic E-state index is 14.7. The fourth-order valence-electron chi connectivity index (χ4n) is 4.70. The van der Waals surface area contributed by atoms with Gasteiger partial charge in [0.15, 0.2) is 0 Å². The van der Waals surface area contributed by atoms with E-state index in [1.54, 1.807) is 34.9 Å². The smallest absolute Gasteiger partial charge is 0.256 e. The Kier molecular flexibility index (Phi) is 8.10. The lowest BCUT2D eigenvalue weighted by atomic mass is 9.88. The molecule has 1 aliphatic heterocycles. The summed E-state index contributed by atoms with van der Waals surface area (Å²) in [5.74, 6) is -0.642. The van der Waals surface area contributed by atoms with Crippen LogP contribution in [0.25, 0.3) is 10.9 Å². The van der Waals surface area contributed by atoms with Crippen LogP contribution in [0.5, 0.6) is 0 Å². The second kappa shape index (κ2) is 10.6. The molecule has 1 fully saturated rings. The van der Waals surface area contributed by atoms with Crippen molar-refractivity contribution in [2.24, 2.45) is 5.73 Å². The minimum atomic E-state index is -0.352.